The summed E-state index contributed by atoms with van der Waals surface area (Å²) in [6, 6.07) is 6.73. The average Bonchev–Trinajstić information content (AvgIpc) is 2.41. The lowest BCUT2D eigenvalue weighted by molar-refractivity contribution is 0.112. The maximum atomic E-state index is 11.1. The third-order valence-electron chi connectivity index (χ3n) is 2.48. The third kappa shape index (κ3) is 2.87. The monoisotopic (exact) mass is 306 g/mol. The molecule has 0 radical (unpaired) electrons. The van der Waals surface area contributed by atoms with E-state index in [0.29, 0.717) is 28.4 Å². The second-order valence-corrected chi connectivity index (χ2v) is 4.64. The first-order valence-electron chi connectivity index (χ1n) is 5.51. The highest BCUT2D eigenvalue weighted by atomic mass is 35.5. The molecular formula is C13H8Cl2N4O. The molecule has 2 aromatic rings. The zero-order valence-electron chi connectivity index (χ0n) is 10.3. The summed E-state index contributed by atoms with van der Waals surface area (Å²) in [5.74, 6) is 0.658. The van der Waals surface area contributed by atoms with Gasteiger partial charge in [0, 0.05) is 0 Å². The van der Waals surface area contributed by atoms with Gasteiger partial charge in [0.25, 0.3) is 0 Å². The van der Waals surface area contributed by atoms with Crippen LogP contribution in [0.15, 0.2) is 18.2 Å². The average molecular weight is 307 g/mol. The van der Waals surface area contributed by atoms with Crippen LogP contribution in [0.25, 0.3) is 0 Å². The lowest BCUT2D eigenvalue weighted by Crippen LogP contribution is -2.03. The molecule has 0 aliphatic heterocycles. The number of hydrogen-bond acceptors (Lipinski definition) is 5. The maximum Gasteiger partial charge on any atom is 0.156 e. The van der Waals surface area contributed by atoms with Crippen molar-refractivity contribution in [3.05, 3.63) is 45.3 Å². The van der Waals surface area contributed by atoms with Gasteiger partial charge >= 0.3 is 0 Å². The Morgan fingerprint density at radius 3 is 2.75 bits per heavy atom. The van der Waals surface area contributed by atoms with Gasteiger partial charge in [-0.15, -0.1) is 0 Å². The minimum absolute atomic E-state index is 0.0579. The predicted molar refractivity (Wildman–Crippen MR) is 76.6 cm³/mol. The van der Waals surface area contributed by atoms with Gasteiger partial charge < -0.3 is 5.32 Å². The largest absolute Gasteiger partial charge is 0.338 e. The summed E-state index contributed by atoms with van der Waals surface area (Å²) >= 11 is 11.9. The number of aryl methyl sites for hydroxylation is 1. The zero-order chi connectivity index (χ0) is 14.7. The van der Waals surface area contributed by atoms with E-state index in [1.165, 1.54) is 0 Å². The van der Waals surface area contributed by atoms with Crippen LogP contribution in [0, 0.1) is 18.3 Å². The summed E-state index contributed by atoms with van der Waals surface area (Å²) in [6.45, 7) is 1.65. The molecule has 0 atom stereocenters. The smallest absolute Gasteiger partial charge is 0.156 e. The fourth-order valence-corrected chi connectivity index (χ4v) is 1.99. The Morgan fingerprint density at radius 2 is 2.10 bits per heavy atom. The number of carbonyl (C=O) groups is 1. The van der Waals surface area contributed by atoms with Crippen molar-refractivity contribution in [2.24, 2.45) is 0 Å². The molecule has 0 saturated heterocycles. The number of hydrogen-bond donors (Lipinski definition) is 1. The first kappa shape index (κ1) is 14.3. The molecule has 1 aromatic heterocycles. The Kier molecular flexibility index (Phi) is 4.18. The number of nitriles is 1. The molecule has 100 valence electrons. The standard InChI is InChI=1S/C13H8Cl2N4O/c1-7-17-12(15)9(6-20)13(18-7)19-11-4-8(5-16)2-3-10(11)14/h2-4,6H,1H3,(H,17,18,19). The molecule has 5 nitrogen and oxygen atoms in total. The van der Waals surface area contributed by atoms with E-state index in [0.717, 1.165) is 0 Å². The number of aromatic nitrogens is 2. The summed E-state index contributed by atoms with van der Waals surface area (Å²) in [5, 5.41) is 12.2. The molecule has 1 aromatic carbocycles. The van der Waals surface area contributed by atoms with Crippen LogP contribution in [0.2, 0.25) is 10.2 Å². The van der Waals surface area contributed by atoms with E-state index in [-0.39, 0.29) is 16.5 Å². The Morgan fingerprint density at radius 1 is 1.35 bits per heavy atom. The SMILES string of the molecule is Cc1nc(Cl)c(C=O)c(Nc2cc(C#N)ccc2Cl)n1. The molecule has 0 saturated carbocycles. The second-order valence-electron chi connectivity index (χ2n) is 3.87. The van der Waals surface area contributed by atoms with Crippen LogP contribution in [0.3, 0.4) is 0 Å². The minimum Gasteiger partial charge on any atom is -0.338 e. The van der Waals surface area contributed by atoms with Gasteiger partial charge in [0.05, 0.1) is 27.9 Å². The molecule has 1 heterocycles. The van der Waals surface area contributed by atoms with Crippen molar-refractivity contribution in [1.82, 2.24) is 9.97 Å². The van der Waals surface area contributed by atoms with Crippen molar-refractivity contribution < 1.29 is 4.79 Å². The molecule has 0 unspecified atom stereocenters. The van der Waals surface area contributed by atoms with Gasteiger partial charge in [0.1, 0.15) is 16.8 Å². The van der Waals surface area contributed by atoms with Gasteiger partial charge in [0.2, 0.25) is 0 Å². The topological polar surface area (TPSA) is 78.7 Å². The van der Waals surface area contributed by atoms with Crippen LogP contribution in [-0.2, 0) is 0 Å². The van der Waals surface area contributed by atoms with E-state index in [2.05, 4.69) is 15.3 Å². The Labute approximate surface area is 125 Å². The van der Waals surface area contributed by atoms with Crippen molar-refractivity contribution in [3.8, 4) is 6.07 Å². The van der Waals surface area contributed by atoms with Crippen LogP contribution in [0.4, 0.5) is 11.5 Å². The summed E-state index contributed by atoms with van der Waals surface area (Å²) in [6.07, 6.45) is 0.562. The van der Waals surface area contributed by atoms with E-state index in [4.69, 9.17) is 28.5 Å². The number of halogens is 2. The normalized spacial score (nSPS) is 9.90. The highest BCUT2D eigenvalue weighted by Gasteiger charge is 2.12. The Hall–Kier alpha value is -2.16. The van der Waals surface area contributed by atoms with E-state index in [9.17, 15) is 4.79 Å². The lowest BCUT2D eigenvalue weighted by Gasteiger charge is -2.11. The first-order valence-corrected chi connectivity index (χ1v) is 6.26. The van der Waals surface area contributed by atoms with Crippen molar-refractivity contribution >= 4 is 41.0 Å². The van der Waals surface area contributed by atoms with Crippen LogP contribution < -0.4 is 5.32 Å². The van der Waals surface area contributed by atoms with E-state index < -0.39 is 0 Å². The maximum absolute atomic E-state index is 11.1. The van der Waals surface area contributed by atoms with Crippen LogP contribution in [0.5, 0.6) is 0 Å². The molecular weight excluding hydrogens is 299 g/mol. The van der Waals surface area contributed by atoms with Crippen LogP contribution >= 0.6 is 23.2 Å². The van der Waals surface area contributed by atoms with Gasteiger partial charge in [0.15, 0.2) is 6.29 Å². The number of aldehydes is 1. The molecule has 2 rings (SSSR count). The van der Waals surface area contributed by atoms with Crippen molar-refractivity contribution in [1.29, 1.82) is 5.26 Å². The van der Waals surface area contributed by atoms with Crippen molar-refractivity contribution in [2.75, 3.05) is 5.32 Å². The number of nitrogens with one attached hydrogen (secondary N) is 1. The van der Waals surface area contributed by atoms with Crippen LogP contribution in [0.1, 0.15) is 21.7 Å². The Bertz CT molecular complexity index is 725. The second kappa shape index (κ2) is 5.87. The number of carbonyl (C=O) groups excluding carboxylic acids is 1. The highest BCUT2D eigenvalue weighted by Crippen LogP contribution is 2.28. The minimum atomic E-state index is 0.0579. The molecule has 0 amide bonds. The fourth-order valence-electron chi connectivity index (χ4n) is 1.56. The van der Waals surface area contributed by atoms with Gasteiger partial charge in [-0.05, 0) is 25.1 Å². The van der Waals surface area contributed by atoms with Crippen LogP contribution in [-0.4, -0.2) is 16.3 Å². The Balaban J connectivity index is 2.50. The summed E-state index contributed by atoms with van der Waals surface area (Å²) < 4.78 is 0. The third-order valence-corrected chi connectivity index (χ3v) is 3.10. The van der Waals surface area contributed by atoms with Gasteiger partial charge in [-0.2, -0.15) is 5.26 Å². The van der Waals surface area contributed by atoms with Gasteiger partial charge in [-0.25, -0.2) is 9.97 Å². The van der Waals surface area contributed by atoms with E-state index >= 15 is 0 Å². The zero-order valence-corrected chi connectivity index (χ0v) is 11.8. The first-order chi connectivity index (χ1) is 9.55. The number of anilines is 2. The summed E-state index contributed by atoms with van der Waals surface area (Å²) in [4.78, 5) is 19.1. The molecule has 1 N–H and O–H groups in total. The number of benzene rings is 1. The molecule has 0 fully saturated rings. The highest BCUT2D eigenvalue weighted by molar-refractivity contribution is 6.33. The number of nitrogens with zero attached hydrogens (tertiary/aromatic N) is 3. The van der Waals surface area contributed by atoms with Gasteiger partial charge in [-0.1, -0.05) is 23.2 Å². The van der Waals surface area contributed by atoms with E-state index in [1.807, 2.05) is 6.07 Å². The number of rotatable bonds is 3. The fraction of sp³-hybridized carbons (Fsp3) is 0.0769. The summed E-state index contributed by atoms with van der Waals surface area (Å²) in [5.41, 5.74) is 1.03. The van der Waals surface area contributed by atoms with Gasteiger partial charge in [-0.3, -0.25) is 4.79 Å². The lowest BCUT2D eigenvalue weighted by atomic mass is 10.2. The molecule has 0 spiro atoms. The molecule has 0 aliphatic carbocycles. The van der Waals surface area contributed by atoms with Crippen molar-refractivity contribution in [2.45, 2.75) is 6.92 Å². The molecule has 20 heavy (non-hydrogen) atoms. The summed E-state index contributed by atoms with van der Waals surface area (Å²) in [7, 11) is 0. The molecule has 0 aliphatic rings. The molecule has 0 bridgehead atoms. The predicted octanol–water partition coefficient (Wildman–Crippen LogP) is 3.52. The quantitative estimate of drug-likeness (QED) is 0.693. The van der Waals surface area contributed by atoms with Crippen molar-refractivity contribution in [3.63, 3.8) is 0 Å². The molecule has 7 heteroatoms. The van der Waals surface area contributed by atoms with E-state index in [1.54, 1.807) is 25.1 Å².